The molecular formula is C25H32. The van der Waals surface area contributed by atoms with Crippen molar-refractivity contribution in [1.82, 2.24) is 0 Å². The lowest BCUT2D eigenvalue weighted by atomic mass is 9.86. The van der Waals surface area contributed by atoms with Crippen LogP contribution in [0.1, 0.15) is 54.0 Å². The molecule has 0 heterocycles. The van der Waals surface area contributed by atoms with Crippen molar-refractivity contribution in [2.24, 2.45) is 10.8 Å². The lowest BCUT2D eigenvalue weighted by Crippen LogP contribution is -2.06. The summed E-state index contributed by atoms with van der Waals surface area (Å²) in [7, 11) is 0. The van der Waals surface area contributed by atoms with E-state index in [9.17, 15) is 0 Å². The van der Waals surface area contributed by atoms with Gasteiger partial charge in [-0.1, -0.05) is 108 Å². The number of hydrogen-bond acceptors (Lipinski definition) is 0. The summed E-state index contributed by atoms with van der Waals surface area (Å²) in [5.41, 5.74) is 4.25. The van der Waals surface area contributed by atoms with Crippen LogP contribution < -0.4 is 0 Å². The molecule has 132 valence electrons. The van der Waals surface area contributed by atoms with Crippen molar-refractivity contribution in [3.8, 4) is 0 Å². The van der Waals surface area contributed by atoms with Crippen LogP contribution >= 0.6 is 0 Å². The molecule has 2 aromatic rings. The van der Waals surface area contributed by atoms with E-state index in [0.717, 1.165) is 0 Å². The molecule has 0 fully saturated rings. The van der Waals surface area contributed by atoms with Gasteiger partial charge in [-0.15, -0.1) is 0 Å². The highest BCUT2D eigenvalue weighted by Gasteiger charge is 2.13. The molecule has 2 aromatic carbocycles. The molecular weight excluding hydrogens is 300 g/mol. The predicted octanol–water partition coefficient (Wildman–Crippen LogP) is 7.82. The van der Waals surface area contributed by atoms with Crippen molar-refractivity contribution in [1.29, 1.82) is 0 Å². The van der Waals surface area contributed by atoms with Crippen LogP contribution in [0.25, 0.3) is 16.8 Å². The van der Waals surface area contributed by atoms with Gasteiger partial charge in [-0.25, -0.2) is 0 Å². The van der Waals surface area contributed by atoms with Gasteiger partial charge in [0.05, 0.1) is 0 Å². The maximum atomic E-state index is 2.32. The monoisotopic (exact) mass is 332 g/mol. The van der Waals surface area contributed by atoms with Crippen molar-refractivity contribution in [2.45, 2.75) is 48.5 Å². The Bertz CT molecular complexity index is 810. The van der Waals surface area contributed by atoms with Gasteiger partial charge in [0.1, 0.15) is 0 Å². The summed E-state index contributed by atoms with van der Waals surface area (Å²) in [5.74, 6) is 0. The van der Waals surface area contributed by atoms with Crippen molar-refractivity contribution < 1.29 is 0 Å². The minimum atomic E-state index is 0.168. The molecule has 0 radical (unpaired) electrons. The third kappa shape index (κ3) is 5.74. The Balaban J connectivity index is 2.57. The van der Waals surface area contributed by atoms with E-state index in [1.165, 1.54) is 27.5 Å². The fraction of sp³-hybridized carbons (Fsp3) is 0.360. The summed E-state index contributed by atoms with van der Waals surface area (Å²) < 4.78 is 0. The van der Waals surface area contributed by atoms with E-state index in [1.807, 2.05) is 0 Å². The molecule has 0 N–H and O–H groups in total. The zero-order chi connectivity index (χ0) is 18.7. The summed E-state index contributed by atoms with van der Waals surface area (Å²) in [6, 6.07) is 15.1. The lowest BCUT2D eigenvalue weighted by Gasteiger charge is -2.20. The van der Waals surface area contributed by atoms with E-state index in [0.29, 0.717) is 0 Å². The average molecular weight is 333 g/mol. The van der Waals surface area contributed by atoms with Crippen LogP contribution in [-0.4, -0.2) is 0 Å². The second-order valence-corrected chi connectivity index (χ2v) is 8.99. The number of allylic oxidation sites excluding steroid dienone is 5. The maximum absolute atomic E-state index is 2.32. The minimum absolute atomic E-state index is 0.168. The molecule has 0 amide bonds. The van der Waals surface area contributed by atoms with Crippen LogP contribution in [0, 0.1) is 10.8 Å². The Morgan fingerprint density at radius 3 is 2.12 bits per heavy atom. The second-order valence-electron chi connectivity index (χ2n) is 8.99. The molecule has 0 nitrogen and oxygen atoms in total. The van der Waals surface area contributed by atoms with E-state index in [4.69, 9.17) is 0 Å². The Hall–Kier alpha value is -2.08. The number of rotatable bonds is 3. The van der Waals surface area contributed by atoms with Crippen molar-refractivity contribution in [3.05, 3.63) is 77.4 Å². The highest BCUT2D eigenvalue weighted by atomic mass is 14.2. The molecule has 0 bridgehead atoms. The van der Waals surface area contributed by atoms with E-state index in [-0.39, 0.29) is 10.8 Å². The quantitative estimate of drug-likeness (QED) is 0.503. The number of hydrogen-bond donors (Lipinski definition) is 0. The molecule has 0 atom stereocenters. The van der Waals surface area contributed by atoms with Crippen LogP contribution in [0.2, 0.25) is 0 Å². The van der Waals surface area contributed by atoms with Crippen molar-refractivity contribution in [2.75, 3.05) is 0 Å². The first kappa shape index (κ1) is 19.2. The lowest BCUT2D eigenvalue weighted by molar-refractivity contribution is 0.504. The van der Waals surface area contributed by atoms with Crippen LogP contribution in [0.5, 0.6) is 0 Å². The molecule has 25 heavy (non-hydrogen) atoms. The maximum Gasteiger partial charge on any atom is -0.0111 e. The summed E-state index contributed by atoms with van der Waals surface area (Å²) >= 11 is 0. The van der Waals surface area contributed by atoms with Gasteiger partial charge in [-0.3, -0.25) is 0 Å². The molecule has 0 aliphatic rings. The van der Waals surface area contributed by atoms with E-state index >= 15 is 0 Å². The minimum Gasteiger partial charge on any atom is -0.0785 e. The van der Waals surface area contributed by atoms with E-state index in [2.05, 4.69) is 115 Å². The number of fused-ring (bicyclic) bond motifs is 1. The zero-order valence-electron chi connectivity index (χ0n) is 16.9. The van der Waals surface area contributed by atoms with Crippen molar-refractivity contribution >= 4 is 16.8 Å². The molecule has 0 saturated carbocycles. The second kappa shape index (κ2) is 7.44. The Kier molecular flexibility index (Phi) is 5.72. The Morgan fingerprint density at radius 1 is 0.840 bits per heavy atom. The van der Waals surface area contributed by atoms with E-state index in [1.54, 1.807) is 0 Å². The topological polar surface area (TPSA) is 0 Å². The molecule has 0 aromatic heterocycles. The largest absolute Gasteiger partial charge is 0.0785 e. The van der Waals surface area contributed by atoms with Crippen LogP contribution in [-0.2, 0) is 0 Å². The number of benzene rings is 2. The molecule has 0 unspecified atom stereocenters. The van der Waals surface area contributed by atoms with Gasteiger partial charge in [0.15, 0.2) is 0 Å². The van der Waals surface area contributed by atoms with Crippen LogP contribution in [0.3, 0.4) is 0 Å². The van der Waals surface area contributed by atoms with Gasteiger partial charge in [-0.2, -0.15) is 0 Å². The average Bonchev–Trinajstić information content (AvgIpc) is 2.51. The summed E-state index contributed by atoms with van der Waals surface area (Å²) in [5, 5.41) is 2.58. The first-order valence-corrected chi connectivity index (χ1v) is 9.14. The van der Waals surface area contributed by atoms with Gasteiger partial charge >= 0.3 is 0 Å². The molecule has 0 heteroatoms. The summed E-state index contributed by atoms with van der Waals surface area (Å²) in [6.45, 7) is 15.7. The normalized spacial score (nSPS) is 14.5. The summed E-state index contributed by atoms with van der Waals surface area (Å²) in [4.78, 5) is 0. The molecule has 0 spiro atoms. The third-order valence-electron chi connectivity index (χ3n) is 4.49. The standard InChI is InChI=1S/C25H32/c1-19(25(5,6)7)17-20(15-16-24(2,3)4)18-22-13-10-12-21-11-8-9-14-23(21)22/h8-18H,1-7H3. The Morgan fingerprint density at radius 2 is 1.48 bits per heavy atom. The third-order valence-corrected chi connectivity index (χ3v) is 4.49. The summed E-state index contributed by atoms with van der Waals surface area (Å²) in [6.07, 6.45) is 9.18. The first-order valence-electron chi connectivity index (χ1n) is 9.14. The first-order chi connectivity index (χ1) is 11.6. The predicted molar refractivity (Wildman–Crippen MR) is 114 cm³/mol. The smallest absolute Gasteiger partial charge is 0.0111 e. The van der Waals surface area contributed by atoms with Crippen LogP contribution in [0.4, 0.5) is 0 Å². The van der Waals surface area contributed by atoms with Crippen LogP contribution in [0.15, 0.2) is 71.8 Å². The zero-order valence-corrected chi connectivity index (χ0v) is 16.9. The van der Waals surface area contributed by atoms with Gasteiger partial charge in [0, 0.05) is 0 Å². The molecule has 2 rings (SSSR count). The fourth-order valence-electron chi connectivity index (χ4n) is 2.51. The molecule has 0 aliphatic carbocycles. The van der Waals surface area contributed by atoms with E-state index < -0.39 is 0 Å². The van der Waals surface area contributed by atoms with Gasteiger partial charge < -0.3 is 0 Å². The van der Waals surface area contributed by atoms with Gasteiger partial charge in [-0.05, 0) is 45.7 Å². The Labute approximate surface area is 154 Å². The highest BCUT2D eigenvalue weighted by Crippen LogP contribution is 2.28. The van der Waals surface area contributed by atoms with Crippen molar-refractivity contribution in [3.63, 3.8) is 0 Å². The van der Waals surface area contributed by atoms with Gasteiger partial charge in [0.2, 0.25) is 0 Å². The van der Waals surface area contributed by atoms with Gasteiger partial charge in [0.25, 0.3) is 0 Å². The molecule has 0 aliphatic heterocycles. The highest BCUT2D eigenvalue weighted by molar-refractivity contribution is 5.91. The SMILES string of the molecule is CC(=CC(C=CC(C)(C)C)=Cc1cccc2ccccc12)C(C)(C)C. The molecule has 0 saturated heterocycles. The fourth-order valence-corrected chi connectivity index (χ4v) is 2.51.